The number of rotatable bonds is 2. The molecule has 3 heteroatoms. The summed E-state index contributed by atoms with van der Waals surface area (Å²) in [5.41, 5.74) is 1.51. The van der Waals surface area contributed by atoms with Crippen LogP contribution in [0.2, 0.25) is 0 Å². The van der Waals surface area contributed by atoms with Crippen molar-refractivity contribution in [3.05, 3.63) is 76.6 Å². The molecule has 3 heterocycles. The van der Waals surface area contributed by atoms with Crippen LogP contribution in [0.1, 0.15) is 118 Å². The van der Waals surface area contributed by atoms with E-state index < -0.39 is 0 Å². The van der Waals surface area contributed by atoms with Gasteiger partial charge in [-0.15, -0.1) is 11.3 Å². The third-order valence-electron chi connectivity index (χ3n) is 3.65. The summed E-state index contributed by atoms with van der Waals surface area (Å²) in [5.74, 6) is 2.13. The lowest BCUT2D eigenvalue weighted by Crippen LogP contribution is -2.07. The molecule has 0 saturated heterocycles. The fourth-order valence-electron chi connectivity index (χ4n) is 2.04. The first-order chi connectivity index (χ1) is 15.2. The van der Waals surface area contributed by atoms with Gasteiger partial charge in [-0.3, -0.25) is 4.98 Å². The van der Waals surface area contributed by atoms with Gasteiger partial charge in [-0.1, -0.05) is 102 Å². The van der Waals surface area contributed by atoms with E-state index in [1.165, 1.54) is 4.88 Å². The maximum atomic E-state index is 5.09. The maximum absolute atomic E-state index is 5.09. The van der Waals surface area contributed by atoms with Gasteiger partial charge in [-0.2, -0.15) is 0 Å². The molecule has 0 aliphatic rings. The molecule has 0 spiro atoms. The lowest BCUT2D eigenvalue weighted by molar-refractivity contribution is 0.487. The van der Waals surface area contributed by atoms with E-state index in [1.54, 1.807) is 6.26 Å². The van der Waals surface area contributed by atoms with Gasteiger partial charge in [0.15, 0.2) is 0 Å². The lowest BCUT2D eigenvalue weighted by Gasteiger charge is -2.14. The standard InChI is InChI=1S/C8H11N.C8H12S.C7H10O.3C2H6/c1-7(2)8-5-3-4-6-9-8;1-8(2,3)7-5-4-6-9-7;1-6(2)7-4-3-5-8-7;3*1-2/h3-7H,1-2H3;4-6H,1-3H3;3-6H,1-2H3;3*1-2H3. The summed E-state index contributed by atoms with van der Waals surface area (Å²) in [7, 11) is 0. The van der Waals surface area contributed by atoms with E-state index in [9.17, 15) is 0 Å². The molecule has 0 radical (unpaired) electrons. The van der Waals surface area contributed by atoms with Crippen molar-refractivity contribution in [3.8, 4) is 0 Å². The zero-order valence-corrected chi connectivity index (χ0v) is 24.0. The van der Waals surface area contributed by atoms with Gasteiger partial charge in [0.25, 0.3) is 0 Å². The highest BCUT2D eigenvalue weighted by atomic mass is 32.1. The van der Waals surface area contributed by atoms with Gasteiger partial charge in [0, 0.05) is 22.7 Å². The molecule has 0 unspecified atom stereocenters. The van der Waals surface area contributed by atoms with Crippen LogP contribution >= 0.6 is 11.3 Å². The fourth-order valence-corrected chi connectivity index (χ4v) is 2.86. The largest absolute Gasteiger partial charge is 0.469 e. The summed E-state index contributed by atoms with van der Waals surface area (Å²) in [6.45, 7) is 27.2. The molecule has 0 N–H and O–H groups in total. The first-order valence-electron chi connectivity index (χ1n) is 12.2. The van der Waals surface area contributed by atoms with E-state index in [-0.39, 0.29) is 0 Å². The molecule has 0 saturated carbocycles. The maximum Gasteiger partial charge on any atom is 0.106 e. The van der Waals surface area contributed by atoms with E-state index in [1.807, 2.05) is 89.4 Å². The van der Waals surface area contributed by atoms with Crippen molar-refractivity contribution in [1.29, 1.82) is 0 Å². The van der Waals surface area contributed by atoms with Crippen molar-refractivity contribution in [2.45, 2.75) is 107 Å². The summed E-state index contributed by atoms with van der Waals surface area (Å²) in [6.07, 6.45) is 3.53. The van der Waals surface area contributed by atoms with Crippen LogP contribution in [-0.2, 0) is 5.41 Å². The second-order valence-corrected chi connectivity index (χ2v) is 8.75. The van der Waals surface area contributed by atoms with E-state index >= 15 is 0 Å². The highest BCUT2D eigenvalue weighted by Crippen LogP contribution is 2.25. The predicted molar refractivity (Wildman–Crippen MR) is 148 cm³/mol. The number of thiophene rings is 1. The Morgan fingerprint density at radius 2 is 1.34 bits per heavy atom. The minimum Gasteiger partial charge on any atom is -0.469 e. The van der Waals surface area contributed by atoms with Crippen molar-refractivity contribution < 1.29 is 4.42 Å². The summed E-state index contributed by atoms with van der Waals surface area (Å²) in [6, 6.07) is 14.2. The summed E-state index contributed by atoms with van der Waals surface area (Å²) < 4.78 is 5.09. The Morgan fingerprint density at radius 1 is 0.750 bits per heavy atom. The zero-order chi connectivity index (χ0) is 25.6. The van der Waals surface area contributed by atoms with E-state index in [4.69, 9.17) is 4.42 Å². The Bertz CT molecular complexity index is 679. The van der Waals surface area contributed by atoms with Gasteiger partial charge in [-0.25, -0.2) is 0 Å². The molecule has 32 heavy (non-hydrogen) atoms. The Kier molecular flexibility index (Phi) is 24.2. The van der Waals surface area contributed by atoms with Crippen molar-refractivity contribution >= 4 is 11.3 Å². The first kappa shape index (κ1) is 34.7. The van der Waals surface area contributed by atoms with Gasteiger partial charge < -0.3 is 4.42 Å². The Labute approximate surface area is 204 Å². The second-order valence-electron chi connectivity index (χ2n) is 7.81. The van der Waals surface area contributed by atoms with Gasteiger partial charge in [0.05, 0.1) is 6.26 Å². The molecule has 184 valence electrons. The van der Waals surface area contributed by atoms with E-state index in [0.29, 0.717) is 17.3 Å². The molecule has 3 rings (SSSR count). The molecule has 0 bridgehead atoms. The van der Waals surface area contributed by atoms with Gasteiger partial charge in [-0.05, 0) is 47.0 Å². The van der Waals surface area contributed by atoms with Crippen LogP contribution in [0.4, 0.5) is 0 Å². The molecular formula is C29H51NOS. The minimum absolute atomic E-state index is 0.341. The number of furan rings is 1. The number of hydrogen-bond acceptors (Lipinski definition) is 3. The molecule has 3 aromatic rings. The van der Waals surface area contributed by atoms with E-state index in [2.05, 4.69) is 71.0 Å². The average Bonchev–Trinajstić information content (AvgIpc) is 3.54. The van der Waals surface area contributed by atoms with Crippen molar-refractivity contribution in [1.82, 2.24) is 4.98 Å². The monoisotopic (exact) mass is 461 g/mol. The third-order valence-corrected chi connectivity index (χ3v) is 4.95. The molecule has 3 aromatic heterocycles. The molecule has 2 nitrogen and oxygen atoms in total. The highest BCUT2D eigenvalue weighted by Gasteiger charge is 2.13. The van der Waals surface area contributed by atoms with Crippen LogP contribution in [0.3, 0.4) is 0 Å². The zero-order valence-electron chi connectivity index (χ0n) is 23.2. The highest BCUT2D eigenvalue weighted by molar-refractivity contribution is 7.10. The van der Waals surface area contributed by atoms with Crippen LogP contribution in [-0.4, -0.2) is 4.98 Å². The van der Waals surface area contributed by atoms with Crippen LogP contribution in [0, 0.1) is 0 Å². The number of nitrogens with zero attached hydrogens (tertiary/aromatic N) is 1. The summed E-state index contributed by atoms with van der Waals surface area (Å²) in [5, 5.41) is 2.13. The summed E-state index contributed by atoms with van der Waals surface area (Å²) >= 11 is 1.83. The van der Waals surface area contributed by atoms with Gasteiger partial charge in [0.1, 0.15) is 5.76 Å². The predicted octanol–water partition coefficient (Wildman–Crippen LogP) is 10.7. The Morgan fingerprint density at radius 3 is 1.56 bits per heavy atom. The molecule has 0 aromatic carbocycles. The van der Waals surface area contributed by atoms with Crippen molar-refractivity contribution in [2.24, 2.45) is 0 Å². The van der Waals surface area contributed by atoms with Gasteiger partial charge in [0.2, 0.25) is 0 Å². The minimum atomic E-state index is 0.341. The second kappa shape index (κ2) is 22.3. The molecular weight excluding hydrogens is 410 g/mol. The number of pyridine rings is 1. The topological polar surface area (TPSA) is 26.0 Å². The molecule has 0 atom stereocenters. The summed E-state index contributed by atoms with van der Waals surface area (Å²) in [4.78, 5) is 5.64. The SMILES string of the molecule is CC.CC.CC.CC(C)(C)c1cccs1.CC(C)c1ccccn1.CC(C)c1ccco1. The smallest absolute Gasteiger partial charge is 0.106 e. The average molecular weight is 462 g/mol. The van der Waals surface area contributed by atoms with E-state index in [0.717, 1.165) is 11.5 Å². The van der Waals surface area contributed by atoms with Gasteiger partial charge >= 0.3 is 0 Å². The first-order valence-corrected chi connectivity index (χ1v) is 13.1. The number of aromatic nitrogens is 1. The molecule has 0 aliphatic carbocycles. The third kappa shape index (κ3) is 17.8. The van der Waals surface area contributed by atoms with Crippen molar-refractivity contribution in [2.75, 3.05) is 0 Å². The quantitative estimate of drug-likeness (QED) is 0.379. The Hall–Kier alpha value is -1.87. The van der Waals surface area contributed by atoms with Crippen LogP contribution in [0.25, 0.3) is 0 Å². The van der Waals surface area contributed by atoms with Crippen LogP contribution in [0.15, 0.2) is 64.7 Å². The lowest BCUT2D eigenvalue weighted by atomic mass is 9.95. The molecule has 0 fully saturated rings. The number of hydrogen-bond donors (Lipinski definition) is 0. The van der Waals surface area contributed by atoms with Crippen LogP contribution in [0.5, 0.6) is 0 Å². The molecule has 0 amide bonds. The normalized spacial score (nSPS) is 9.34. The van der Waals surface area contributed by atoms with Crippen molar-refractivity contribution in [3.63, 3.8) is 0 Å². The Balaban J connectivity index is -0.000000353. The van der Waals surface area contributed by atoms with Crippen LogP contribution < -0.4 is 0 Å². The molecule has 0 aliphatic heterocycles. The fraction of sp³-hybridized carbons (Fsp3) is 0.552.